The van der Waals surface area contributed by atoms with Crippen molar-refractivity contribution < 1.29 is 9.53 Å². The van der Waals surface area contributed by atoms with E-state index in [4.69, 9.17) is 4.74 Å². The lowest BCUT2D eigenvalue weighted by Gasteiger charge is -2.33. The van der Waals surface area contributed by atoms with Gasteiger partial charge in [0.05, 0.1) is 0 Å². The molecule has 1 saturated carbocycles. The summed E-state index contributed by atoms with van der Waals surface area (Å²) in [4.78, 5) is 14.0. The molecule has 0 radical (unpaired) electrons. The zero-order valence-corrected chi connectivity index (χ0v) is 15.9. The molecule has 1 amide bonds. The third-order valence-electron chi connectivity index (χ3n) is 4.61. The summed E-state index contributed by atoms with van der Waals surface area (Å²) in [5, 5.41) is 0. The maximum Gasteiger partial charge on any atom is 0.410 e. The quantitative estimate of drug-likeness (QED) is 0.684. The van der Waals surface area contributed by atoms with Gasteiger partial charge >= 0.3 is 6.09 Å². The van der Waals surface area contributed by atoms with Gasteiger partial charge in [0.15, 0.2) is 0 Å². The maximum absolute atomic E-state index is 12.2. The van der Waals surface area contributed by atoms with Crippen molar-refractivity contribution in [1.82, 2.24) is 4.90 Å². The molecule has 3 rings (SSSR count). The average molecular weight is 380 g/mol. The van der Waals surface area contributed by atoms with Crippen molar-refractivity contribution in [3.05, 3.63) is 33.8 Å². The molecule has 0 N–H and O–H groups in total. The first-order valence-corrected chi connectivity index (χ1v) is 9.39. The van der Waals surface area contributed by atoms with Gasteiger partial charge in [0.25, 0.3) is 0 Å². The highest BCUT2D eigenvalue weighted by molar-refractivity contribution is 9.10. The summed E-state index contributed by atoms with van der Waals surface area (Å²) in [6.07, 6.45) is 4.50. The summed E-state index contributed by atoms with van der Waals surface area (Å²) in [5.74, 6) is 1.32. The minimum atomic E-state index is -0.419. The fourth-order valence-corrected chi connectivity index (χ4v) is 3.77. The average Bonchev–Trinajstić information content (AvgIpc) is 3.29. The smallest absolute Gasteiger partial charge is 0.410 e. The van der Waals surface area contributed by atoms with Crippen molar-refractivity contribution in [1.29, 1.82) is 0 Å². The van der Waals surface area contributed by atoms with Gasteiger partial charge in [-0.15, -0.1) is 0 Å². The van der Waals surface area contributed by atoms with Gasteiger partial charge in [-0.2, -0.15) is 0 Å². The van der Waals surface area contributed by atoms with E-state index >= 15 is 0 Å². The zero-order valence-electron chi connectivity index (χ0n) is 14.3. The normalized spacial score (nSPS) is 19.7. The van der Waals surface area contributed by atoms with Crippen LogP contribution in [0.4, 0.5) is 4.79 Å². The SMILES string of the molecule is CC(C)(C)OC(=O)N1CCC(c2cc(Br)cc(C3CC3)c2)CC1. The molecular weight excluding hydrogens is 354 g/mol. The summed E-state index contributed by atoms with van der Waals surface area (Å²) < 4.78 is 6.66. The lowest BCUT2D eigenvalue weighted by molar-refractivity contribution is 0.0205. The molecule has 0 atom stereocenters. The molecule has 0 spiro atoms. The minimum Gasteiger partial charge on any atom is -0.444 e. The van der Waals surface area contributed by atoms with Crippen LogP contribution in [0, 0.1) is 0 Å². The number of rotatable bonds is 2. The highest BCUT2D eigenvalue weighted by atomic mass is 79.9. The van der Waals surface area contributed by atoms with Crippen LogP contribution in [0.25, 0.3) is 0 Å². The van der Waals surface area contributed by atoms with Crippen molar-refractivity contribution in [3.8, 4) is 0 Å². The van der Waals surface area contributed by atoms with E-state index in [9.17, 15) is 4.79 Å². The maximum atomic E-state index is 12.2. The molecule has 1 heterocycles. The number of ether oxygens (including phenoxy) is 1. The van der Waals surface area contributed by atoms with Gasteiger partial charge in [0.2, 0.25) is 0 Å². The number of carbonyl (C=O) groups is 1. The lowest BCUT2D eigenvalue weighted by atomic mass is 9.88. The number of halogens is 1. The molecule has 3 nitrogen and oxygen atoms in total. The monoisotopic (exact) mass is 379 g/mol. The fourth-order valence-electron chi connectivity index (χ4n) is 3.25. The number of amides is 1. The van der Waals surface area contributed by atoms with Crippen LogP contribution in [-0.4, -0.2) is 29.7 Å². The van der Waals surface area contributed by atoms with Gasteiger partial charge in [-0.1, -0.05) is 22.0 Å². The number of carbonyl (C=O) groups excluding carboxylic acids is 1. The van der Waals surface area contributed by atoms with Crippen LogP contribution in [0.1, 0.15) is 69.4 Å². The number of likely N-dealkylation sites (tertiary alicyclic amines) is 1. The highest BCUT2D eigenvalue weighted by Gasteiger charge is 2.29. The Balaban J connectivity index is 1.62. The van der Waals surface area contributed by atoms with E-state index in [1.165, 1.54) is 28.4 Å². The number of nitrogens with zero attached hydrogens (tertiary/aromatic N) is 1. The molecule has 1 aromatic rings. The molecule has 1 aliphatic carbocycles. The molecule has 0 bridgehead atoms. The second-order valence-electron chi connectivity index (χ2n) is 7.83. The number of piperidine rings is 1. The van der Waals surface area contributed by atoms with E-state index in [0.29, 0.717) is 5.92 Å². The molecule has 1 aliphatic heterocycles. The highest BCUT2D eigenvalue weighted by Crippen LogP contribution is 2.42. The number of hydrogen-bond acceptors (Lipinski definition) is 2. The van der Waals surface area contributed by atoms with E-state index in [-0.39, 0.29) is 6.09 Å². The Morgan fingerprint density at radius 1 is 1.04 bits per heavy atom. The molecule has 4 heteroatoms. The fraction of sp³-hybridized carbons (Fsp3) is 0.632. The van der Waals surface area contributed by atoms with Gasteiger partial charge < -0.3 is 9.64 Å². The second kappa shape index (κ2) is 6.46. The second-order valence-corrected chi connectivity index (χ2v) is 8.75. The Labute approximate surface area is 147 Å². The molecule has 23 heavy (non-hydrogen) atoms. The standard InChI is InChI=1S/C19H26BrNO2/c1-19(2,3)23-18(22)21-8-6-14(7-9-21)16-10-15(13-4-5-13)11-17(20)12-16/h10-14H,4-9H2,1-3H3. The molecule has 126 valence electrons. The van der Waals surface area contributed by atoms with Crippen LogP contribution in [0.5, 0.6) is 0 Å². The lowest BCUT2D eigenvalue weighted by Crippen LogP contribution is -2.41. The predicted molar refractivity (Wildman–Crippen MR) is 95.9 cm³/mol. The van der Waals surface area contributed by atoms with E-state index in [1.807, 2.05) is 25.7 Å². The molecular formula is C19H26BrNO2. The largest absolute Gasteiger partial charge is 0.444 e. The van der Waals surface area contributed by atoms with Crippen molar-refractivity contribution in [2.45, 2.75) is 63.9 Å². The predicted octanol–water partition coefficient (Wildman–Crippen LogP) is 5.44. The first-order valence-electron chi connectivity index (χ1n) is 8.60. The van der Waals surface area contributed by atoms with Crippen LogP contribution in [0.3, 0.4) is 0 Å². The Morgan fingerprint density at radius 3 is 2.04 bits per heavy atom. The van der Waals surface area contributed by atoms with Crippen LogP contribution >= 0.6 is 15.9 Å². The minimum absolute atomic E-state index is 0.177. The Hall–Kier alpha value is -1.03. The van der Waals surface area contributed by atoms with Crippen molar-refractivity contribution in [2.75, 3.05) is 13.1 Å². The van der Waals surface area contributed by atoms with Gasteiger partial charge in [0, 0.05) is 17.6 Å². The number of hydrogen-bond donors (Lipinski definition) is 0. The van der Waals surface area contributed by atoms with Gasteiger partial charge in [0.1, 0.15) is 5.60 Å². The van der Waals surface area contributed by atoms with Gasteiger partial charge in [-0.05, 0) is 81.5 Å². The summed E-state index contributed by atoms with van der Waals surface area (Å²) in [6, 6.07) is 6.90. The van der Waals surface area contributed by atoms with E-state index in [1.54, 1.807) is 0 Å². The Morgan fingerprint density at radius 2 is 1.57 bits per heavy atom. The van der Waals surface area contributed by atoms with Crippen LogP contribution in [0.2, 0.25) is 0 Å². The summed E-state index contributed by atoms with van der Waals surface area (Å²) in [5.41, 5.74) is 2.48. The van der Waals surface area contributed by atoms with E-state index in [0.717, 1.165) is 31.8 Å². The van der Waals surface area contributed by atoms with Gasteiger partial charge in [-0.3, -0.25) is 0 Å². The molecule has 1 saturated heterocycles. The molecule has 1 aromatic carbocycles. The molecule has 0 aromatic heterocycles. The molecule has 2 fully saturated rings. The number of benzene rings is 1. The molecule has 2 aliphatic rings. The first kappa shape index (κ1) is 16.8. The topological polar surface area (TPSA) is 29.5 Å². The Kier molecular flexibility index (Phi) is 4.73. The third kappa shape index (κ3) is 4.50. The summed E-state index contributed by atoms with van der Waals surface area (Å²) in [6.45, 7) is 7.31. The zero-order chi connectivity index (χ0) is 16.6. The third-order valence-corrected chi connectivity index (χ3v) is 5.07. The van der Waals surface area contributed by atoms with Crippen LogP contribution in [0.15, 0.2) is 22.7 Å². The van der Waals surface area contributed by atoms with Crippen molar-refractivity contribution >= 4 is 22.0 Å². The van der Waals surface area contributed by atoms with Crippen molar-refractivity contribution in [2.24, 2.45) is 0 Å². The van der Waals surface area contributed by atoms with E-state index < -0.39 is 5.60 Å². The first-order chi connectivity index (χ1) is 10.8. The Bertz CT molecular complexity index is 582. The van der Waals surface area contributed by atoms with E-state index in [2.05, 4.69) is 34.1 Å². The van der Waals surface area contributed by atoms with Crippen LogP contribution in [-0.2, 0) is 4.74 Å². The summed E-state index contributed by atoms with van der Waals surface area (Å²) >= 11 is 3.66. The molecule has 0 unspecified atom stereocenters. The summed E-state index contributed by atoms with van der Waals surface area (Å²) in [7, 11) is 0. The van der Waals surface area contributed by atoms with Gasteiger partial charge in [-0.25, -0.2) is 4.79 Å². The van der Waals surface area contributed by atoms with Crippen LogP contribution < -0.4 is 0 Å². The van der Waals surface area contributed by atoms with Crippen molar-refractivity contribution in [3.63, 3.8) is 0 Å².